The van der Waals surface area contributed by atoms with Gasteiger partial charge in [0.25, 0.3) is 5.91 Å². The lowest BCUT2D eigenvalue weighted by Gasteiger charge is -2.10. The molecular weight excluding hydrogens is 424 g/mol. The van der Waals surface area contributed by atoms with E-state index in [0.717, 1.165) is 5.56 Å². The van der Waals surface area contributed by atoms with Gasteiger partial charge in [0.2, 0.25) is 0 Å². The van der Waals surface area contributed by atoms with Crippen molar-refractivity contribution in [2.75, 3.05) is 5.32 Å². The van der Waals surface area contributed by atoms with E-state index in [2.05, 4.69) is 5.32 Å². The van der Waals surface area contributed by atoms with Crippen molar-refractivity contribution in [1.82, 2.24) is 0 Å². The number of para-hydroxylation sites is 1. The van der Waals surface area contributed by atoms with E-state index in [1.165, 1.54) is 42.5 Å². The predicted octanol–water partition coefficient (Wildman–Crippen LogP) is 4.21. The summed E-state index contributed by atoms with van der Waals surface area (Å²) in [4.78, 5) is 34.6. The van der Waals surface area contributed by atoms with Crippen LogP contribution in [0.4, 0.5) is 5.69 Å². The Morgan fingerprint density at radius 1 is 0.909 bits per heavy atom. The van der Waals surface area contributed by atoms with Gasteiger partial charge in [0.1, 0.15) is 24.0 Å². The first-order valence-electron chi connectivity index (χ1n) is 9.68. The van der Waals surface area contributed by atoms with Crippen LogP contribution in [-0.4, -0.2) is 28.1 Å². The van der Waals surface area contributed by atoms with Crippen LogP contribution < -0.4 is 10.1 Å². The summed E-state index contributed by atoms with van der Waals surface area (Å²) in [5.74, 6) is -2.42. The van der Waals surface area contributed by atoms with Crippen LogP contribution in [0.25, 0.3) is 6.08 Å². The van der Waals surface area contributed by atoms with Crippen molar-refractivity contribution in [2.45, 2.75) is 6.61 Å². The topological polar surface area (TPSA) is 137 Å². The summed E-state index contributed by atoms with van der Waals surface area (Å²) in [6, 6.07) is 20.6. The Hall–Kier alpha value is -4.90. The molecule has 3 aromatic rings. The fourth-order valence-corrected chi connectivity index (χ4v) is 2.87. The average molecular weight is 442 g/mol. The summed E-state index contributed by atoms with van der Waals surface area (Å²) in [5, 5.41) is 30.1. The zero-order chi connectivity index (χ0) is 23.8. The molecule has 0 heterocycles. The van der Waals surface area contributed by atoms with Crippen molar-refractivity contribution in [3.05, 3.63) is 101 Å². The van der Waals surface area contributed by atoms with Crippen molar-refractivity contribution in [3.63, 3.8) is 0 Å². The second-order valence-electron chi connectivity index (χ2n) is 6.84. The Morgan fingerprint density at radius 3 is 2.27 bits per heavy atom. The monoisotopic (exact) mass is 442 g/mol. The largest absolute Gasteiger partial charge is 0.488 e. The fourth-order valence-electron chi connectivity index (χ4n) is 2.87. The SMILES string of the molecule is N#C/C(=C/c1ccccc1OCc1ccc(C(=O)O)cc1)C(=O)Nc1cccc(C(=O)O)c1. The molecule has 3 N–H and O–H groups in total. The van der Waals surface area contributed by atoms with Crippen LogP contribution in [0.2, 0.25) is 0 Å². The average Bonchev–Trinajstić information content (AvgIpc) is 2.82. The molecule has 0 aromatic heterocycles. The minimum Gasteiger partial charge on any atom is -0.488 e. The van der Waals surface area contributed by atoms with Gasteiger partial charge < -0.3 is 20.3 Å². The first-order valence-corrected chi connectivity index (χ1v) is 9.68. The molecule has 0 spiro atoms. The normalized spacial score (nSPS) is 10.7. The molecule has 8 heteroatoms. The maximum atomic E-state index is 12.6. The third-order valence-electron chi connectivity index (χ3n) is 4.55. The van der Waals surface area contributed by atoms with Crippen LogP contribution in [0.1, 0.15) is 31.8 Å². The number of carbonyl (C=O) groups is 3. The number of carboxylic acid groups (broad SMARTS) is 2. The van der Waals surface area contributed by atoms with E-state index in [1.54, 1.807) is 36.4 Å². The van der Waals surface area contributed by atoms with Crippen LogP contribution in [0.3, 0.4) is 0 Å². The molecule has 164 valence electrons. The molecule has 0 saturated carbocycles. The van der Waals surface area contributed by atoms with E-state index >= 15 is 0 Å². The van der Waals surface area contributed by atoms with Crippen molar-refractivity contribution in [2.24, 2.45) is 0 Å². The summed E-state index contributed by atoms with van der Waals surface area (Å²) in [6.07, 6.45) is 1.37. The number of nitriles is 1. The zero-order valence-corrected chi connectivity index (χ0v) is 17.2. The number of nitrogens with one attached hydrogen (secondary N) is 1. The van der Waals surface area contributed by atoms with Crippen LogP contribution in [0.5, 0.6) is 5.75 Å². The van der Waals surface area contributed by atoms with Gasteiger partial charge >= 0.3 is 11.9 Å². The third kappa shape index (κ3) is 6.06. The number of carboxylic acids is 2. The molecule has 1 amide bonds. The van der Waals surface area contributed by atoms with Crippen molar-refractivity contribution in [1.29, 1.82) is 5.26 Å². The number of ether oxygens (including phenoxy) is 1. The van der Waals surface area contributed by atoms with Gasteiger partial charge in [0, 0.05) is 11.3 Å². The van der Waals surface area contributed by atoms with Gasteiger partial charge in [-0.2, -0.15) is 5.26 Å². The highest BCUT2D eigenvalue weighted by Gasteiger charge is 2.13. The van der Waals surface area contributed by atoms with Gasteiger partial charge in [-0.05, 0) is 48.0 Å². The standard InChI is InChI=1S/C25H18N2O6/c26-14-20(23(28)27-21-6-3-5-19(13-21)25(31)32)12-18-4-1-2-7-22(18)33-15-16-8-10-17(11-9-16)24(29)30/h1-13H,15H2,(H,27,28)(H,29,30)(H,31,32)/b20-12-. The molecular formula is C25H18N2O6. The Bertz CT molecular complexity index is 1270. The Morgan fingerprint density at radius 2 is 1.61 bits per heavy atom. The van der Waals surface area contributed by atoms with Gasteiger partial charge in [-0.1, -0.05) is 36.4 Å². The van der Waals surface area contributed by atoms with Gasteiger partial charge in [-0.15, -0.1) is 0 Å². The second-order valence-corrected chi connectivity index (χ2v) is 6.84. The molecule has 0 aliphatic rings. The molecule has 0 aliphatic carbocycles. The first-order chi connectivity index (χ1) is 15.9. The number of hydrogen-bond donors (Lipinski definition) is 3. The number of carbonyl (C=O) groups excluding carboxylic acids is 1. The number of amides is 1. The minimum atomic E-state index is -1.13. The first kappa shape index (κ1) is 22.8. The van der Waals surface area contributed by atoms with Gasteiger partial charge in [-0.25, -0.2) is 9.59 Å². The smallest absolute Gasteiger partial charge is 0.335 e. The Kier molecular flexibility index (Phi) is 7.19. The van der Waals surface area contributed by atoms with E-state index < -0.39 is 17.8 Å². The number of nitrogens with zero attached hydrogens (tertiary/aromatic N) is 1. The summed E-state index contributed by atoms with van der Waals surface area (Å²) in [6.45, 7) is 0.154. The maximum Gasteiger partial charge on any atom is 0.335 e. The molecule has 0 aliphatic heterocycles. The molecule has 0 fully saturated rings. The molecule has 3 rings (SSSR count). The molecule has 0 radical (unpaired) electrons. The number of aromatic carboxylic acids is 2. The van der Waals surface area contributed by atoms with Crippen molar-refractivity contribution in [3.8, 4) is 11.8 Å². The predicted molar refractivity (Wildman–Crippen MR) is 120 cm³/mol. The highest BCUT2D eigenvalue weighted by molar-refractivity contribution is 6.10. The Labute approximate surface area is 189 Å². The van der Waals surface area contributed by atoms with Crippen molar-refractivity contribution < 1.29 is 29.3 Å². The van der Waals surface area contributed by atoms with Gasteiger partial charge in [0.15, 0.2) is 0 Å². The Balaban J connectivity index is 1.76. The molecule has 0 bridgehead atoms. The lowest BCUT2D eigenvalue weighted by Crippen LogP contribution is -2.14. The summed E-state index contributed by atoms with van der Waals surface area (Å²) in [7, 11) is 0. The van der Waals surface area contributed by atoms with Gasteiger partial charge in [0.05, 0.1) is 11.1 Å². The van der Waals surface area contributed by atoms with Crippen LogP contribution >= 0.6 is 0 Å². The van der Waals surface area contributed by atoms with E-state index in [0.29, 0.717) is 11.3 Å². The zero-order valence-electron chi connectivity index (χ0n) is 17.2. The lowest BCUT2D eigenvalue weighted by atomic mass is 10.1. The number of anilines is 1. The minimum absolute atomic E-state index is 0.00502. The molecule has 3 aromatic carbocycles. The summed E-state index contributed by atoms with van der Waals surface area (Å²) in [5.41, 5.74) is 1.46. The van der Waals surface area contributed by atoms with E-state index in [9.17, 15) is 19.6 Å². The molecule has 0 saturated heterocycles. The van der Waals surface area contributed by atoms with Gasteiger partial charge in [-0.3, -0.25) is 4.79 Å². The number of benzene rings is 3. The molecule has 0 atom stereocenters. The summed E-state index contributed by atoms with van der Waals surface area (Å²) < 4.78 is 5.81. The van der Waals surface area contributed by atoms with Crippen LogP contribution in [0.15, 0.2) is 78.4 Å². The van der Waals surface area contributed by atoms with E-state index in [-0.39, 0.29) is 29.0 Å². The number of rotatable bonds is 8. The quantitative estimate of drug-likeness (QED) is 0.351. The molecule has 8 nitrogen and oxygen atoms in total. The van der Waals surface area contributed by atoms with E-state index in [1.807, 2.05) is 6.07 Å². The molecule has 0 unspecified atom stereocenters. The lowest BCUT2D eigenvalue weighted by molar-refractivity contribution is -0.112. The van der Waals surface area contributed by atoms with Crippen LogP contribution in [-0.2, 0) is 11.4 Å². The highest BCUT2D eigenvalue weighted by atomic mass is 16.5. The maximum absolute atomic E-state index is 12.6. The highest BCUT2D eigenvalue weighted by Crippen LogP contribution is 2.23. The fraction of sp³-hybridized carbons (Fsp3) is 0.0400. The second kappa shape index (κ2) is 10.4. The van der Waals surface area contributed by atoms with Crippen molar-refractivity contribution >= 4 is 29.6 Å². The number of hydrogen-bond acceptors (Lipinski definition) is 5. The van der Waals surface area contributed by atoms with E-state index in [4.69, 9.17) is 14.9 Å². The van der Waals surface area contributed by atoms with Crippen LogP contribution in [0, 0.1) is 11.3 Å². The molecule has 33 heavy (non-hydrogen) atoms. The summed E-state index contributed by atoms with van der Waals surface area (Å²) >= 11 is 0. The third-order valence-corrected chi connectivity index (χ3v) is 4.55.